The average Bonchev–Trinajstić information content (AvgIpc) is 2.60. The quantitative estimate of drug-likeness (QED) is 0.781. The third-order valence-electron chi connectivity index (χ3n) is 5.08. The zero-order valence-electron chi connectivity index (χ0n) is 14.5. The minimum absolute atomic E-state index is 0.162. The molecule has 1 fully saturated rings. The van der Waals surface area contributed by atoms with Crippen LogP contribution in [0.4, 0.5) is 11.5 Å². The molecular weight excluding hydrogens is 356 g/mol. The molecule has 1 aliphatic heterocycles. The number of aromatic amines is 1. The second-order valence-corrected chi connectivity index (χ2v) is 8.27. The van der Waals surface area contributed by atoms with Gasteiger partial charge in [0.1, 0.15) is 0 Å². The van der Waals surface area contributed by atoms with E-state index < -0.39 is 0 Å². The number of nitrogens with one attached hydrogen (secondary N) is 1. The van der Waals surface area contributed by atoms with E-state index in [-0.39, 0.29) is 5.56 Å². The van der Waals surface area contributed by atoms with E-state index in [0.29, 0.717) is 27.0 Å². The molecular formula is C18H23ClN4OS. The van der Waals surface area contributed by atoms with Crippen molar-refractivity contribution in [1.29, 1.82) is 0 Å². The third-order valence-corrected chi connectivity index (χ3v) is 6.60. The second-order valence-electron chi connectivity index (χ2n) is 6.81. The van der Waals surface area contributed by atoms with Crippen LogP contribution in [0.2, 0.25) is 5.02 Å². The first kappa shape index (κ1) is 18.1. The van der Waals surface area contributed by atoms with Crippen molar-refractivity contribution in [2.24, 2.45) is 5.41 Å². The number of nitrogens with zero attached hydrogens (tertiary/aromatic N) is 2. The molecule has 0 spiro atoms. The topological polar surface area (TPSA) is 75.0 Å². The van der Waals surface area contributed by atoms with Gasteiger partial charge in [0.15, 0.2) is 5.82 Å². The number of hydrogen-bond donors (Lipinski definition) is 2. The van der Waals surface area contributed by atoms with Crippen LogP contribution in [0.3, 0.4) is 0 Å². The maximum absolute atomic E-state index is 12.5. The number of nitrogen functional groups attached to an aromatic ring is 1. The number of aromatic nitrogens is 2. The number of piperidine rings is 1. The smallest absolute Gasteiger partial charge is 0.291 e. The van der Waals surface area contributed by atoms with Crippen molar-refractivity contribution >= 4 is 34.9 Å². The SMILES string of the molecule is CCC1(C)CCN(c2ncc(Sc3cccc(N)c3Cl)[nH]c2=O)CC1. The van der Waals surface area contributed by atoms with Gasteiger partial charge in [0.2, 0.25) is 0 Å². The number of H-pyrrole nitrogens is 1. The van der Waals surface area contributed by atoms with Crippen LogP contribution in [0.1, 0.15) is 33.1 Å². The summed E-state index contributed by atoms with van der Waals surface area (Å²) < 4.78 is 0. The lowest BCUT2D eigenvalue weighted by molar-refractivity contribution is 0.237. The van der Waals surface area contributed by atoms with Gasteiger partial charge in [-0.05, 0) is 30.4 Å². The molecule has 25 heavy (non-hydrogen) atoms. The fraction of sp³-hybridized carbons (Fsp3) is 0.444. The van der Waals surface area contributed by atoms with E-state index >= 15 is 0 Å². The van der Waals surface area contributed by atoms with Gasteiger partial charge in [0.05, 0.1) is 21.9 Å². The van der Waals surface area contributed by atoms with Crippen molar-refractivity contribution < 1.29 is 0 Å². The Morgan fingerprint density at radius 3 is 2.76 bits per heavy atom. The summed E-state index contributed by atoms with van der Waals surface area (Å²) in [5.41, 5.74) is 6.56. The van der Waals surface area contributed by atoms with Crippen LogP contribution in [-0.4, -0.2) is 23.1 Å². The largest absolute Gasteiger partial charge is 0.397 e. The number of anilines is 2. The van der Waals surface area contributed by atoms with E-state index in [9.17, 15) is 4.79 Å². The van der Waals surface area contributed by atoms with E-state index in [1.165, 1.54) is 18.2 Å². The van der Waals surface area contributed by atoms with Crippen LogP contribution in [0.5, 0.6) is 0 Å². The molecule has 0 bridgehead atoms. The Balaban J connectivity index is 1.76. The molecule has 3 rings (SSSR count). The first-order valence-electron chi connectivity index (χ1n) is 8.48. The zero-order valence-corrected chi connectivity index (χ0v) is 16.1. The molecule has 0 unspecified atom stereocenters. The Hall–Kier alpha value is -1.66. The monoisotopic (exact) mass is 378 g/mol. The van der Waals surface area contributed by atoms with Crippen molar-refractivity contribution in [2.45, 2.75) is 43.0 Å². The molecule has 1 aliphatic rings. The Labute approximate surface area is 157 Å². The molecule has 1 aromatic carbocycles. The Morgan fingerprint density at radius 1 is 1.40 bits per heavy atom. The third kappa shape index (κ3) is 3.96. The number of benzene rings is 1. The van der Waals surface area contributed by atoms with Crippen LogP contribution in [0.15, 0.2) is 39.1 Å². The lowest BCUT2D eigenvalue weighted by Crippen LogP contribution is -2.41. The summed E-state index contributed by atoms with van der Waals surface area (Å²) in [7, 11) is 0. The van der Waals surface area contributed by atoms with E-state index in [0.717, 1.165) is 30.8 Å². The summed E-state index contributed by atoms with van der Waals surface area (Å²) >= 11 is 7.56. The summed E-state index contributed by atoms with van der Waals surface area (Å²) in [6.07, 6.45) is 5.02. The van der Waals surface area contributed by atoms with Crippen LogP contribution in [-0.2, 0) is 0 Å². The molecule has 0 radical (unpaired) electrons. The van der Waals surface area contributed by atoms with Gasteiger partial charge in [-0.2, -0.15) is 0 Å². The zero-order chi connectivity index (χ0) is 18.0. The molecule has 0 saturated carbocycles. The summed E-state index contributed by atoms with van der Waals surface area (Å²) in [4.78, 5) is 22.7. The van der Waals surface area contributed by atoms with Gasteiger partial charge in [-0.15, -0.1) is 0 Å². The highest BCUT2D eigenvalue weighted by Crippen LogP contribution is 2.36. The highest BCUT2D eigenvalue weighted by Gasteiger charge is 2.29. The minimum Gasteiger partial charge on any atom is -0.397 e. The van der Waals surface area contributed by atoms with Gasteiger partial charge in [-0.25, -0.2) is 4.98 Å². The van der Waals surface area contributed by atoms with Crippen molar-refractivity contribution in [1.82, 2.24) is 9.97 Å². The first-order valence-corrected chi connectivity index (χ1v) is 9.67. The lowest BCUT2D eigenvalue weighted by Gasteiger charge is -2.39. The lowest BCUT2D eigenvalue weighted by atomic mass is 9.78. The molecule has 0 amide bonds. The van der Waals surface area contributed by atoms with Crippen LogP contribution >= 0.6 is 23.4 Å². The fourth-order valence-corrected chi connectivity index (χ4v) is 4.07. The van der Waals surface area contributed by atoms with E-state index in [2.05, 4.69) is 28.7 Å². The normalized spacial score (nSPS) is 16.8. The van der Waals surface area contributed by atoms with Crippen molar-refractivity contribution in [3.8, 4) is 0 Å². The highest BCUT2D eigenvalue weighted by atomic mass is 35.5. The summed E-state index contributed by atoms with van der Waals surface area (Å²) in [5.74, 6) is 0.501. The standard InChI is InChI=1S/C18H23ClN4OS/c1-3-18(2)7-9-23(10-8-18)16-17(24)22-14(11-21-16)25-13-6-4-5-12(20)15(13)19/h4-6,11H,3,7-10,20H2,1-2H3,(H,22,24). The van der Waals surface area contributed by atoms with Gasteiger partial charge >= 0.3 is 0 Å². The van der Waals surface area contributed by atoms with Gasteiger partial charge < -0.3 is 15.6 Å². The maximum atomic E-state index is 12.5. The summed E-state index contributed by atoms with van der Waals surface area (Å²) in [6.45, 7) is 6.28. The Morgan fingerprint density at radius 2 is 2.12 bits per heavy atom. The number of halogens is 1. The molecule has 2 aromatic rings. The van der Waals surface area contributed by atoms with Gasteiger partial charge in [0.25, 0.3) is 5.56 Å². The average molecular weight is 379 g/mol. The van der Waals surface area contributed by atoms with Gasteiger partial charge in [0, 0.05) is 18.0 Å². The van der Waals surface area contributed by atoms with E-state index in [1.807, 2.05) is 12.1 Å². The molecule has 3 N–H and O–H groups in total. The van der Waals surface area contributed by atoms with Gasteiger partial charge in [-0.3, -0.25) is 4.79 Å². The Bertz CT molecular complexity index is 815. The molecule has 0 atom stereocenters. The van der Waals surface area contributed by atoms with E-state index in [1.54, 1.807) is 12.3 Å². The maximum Gasteiger partial charge on any atom is 0.291 e. The number of nitrogens with two attached hydrogens (primary N) is 1. The molecule has 5 nitrogen and oxygen atoms in total. The van der Waals surface area contributed by atoms with Crippen LogP contribution < -0.4 is 16.2 Å². The van der Waals surface area contributed by atoms with Crippen molar-refractivity contribution in [2.75, 3.05) is 23.7 Å². The van der Waals surface area contributed by atoms with Crippen LogP contribution in [0, 0.1) is 5.41 Å². The van der Waals surface area contributed by atoms with E-state index in [4.69, 9.17) is 17.3 Å². The van der Waals surface area contributed by atoms with Crippen LogP contribution in [0.25, 0.3) is 0 Å². The summed E-state index contributed by atoms with van der Waals surface area (Å²) in [6, 6.07) is 5.45. The van der Waals surface area contributed by atoms with Crippen molar-refractivity contribution in [3.05, 3.63) is 39.8 Å². The molecule has 0 aliphatic carbocycles. The molecule has 1 saturated heterocycles. The van der Waals surface area contributed by atoms with Gasteiger partial charge in [-0.1, -0.05) is 49.7 Å². The summed E-state index contributed by atoms with van der Waals surface area (Å²) in [5, 5.41) is 1.14. The molecule has 7 heteroatoms. The first-order chi connectivity index (χ1) is 11.9. The minimum atomic E-state index is -0.162. The number of hydrogen-bond acceptors (Lipinski definition) is 5. The van der Waals surface area contributed by atoms with Crippen molar-refractivity contribution in [3.63, 3.8) is 0 Å². The highest BCUT2D eigenvalue weighted by molar-refractivity contribution is 7.99. The second kappa shape index (κ2) is 7.30. The molecule has 134 valence electrons. The molecule has 2 heterocycles. The number of rotatable bonds is 4. The molecule has 1 aromatic heterocycles. The predicted octanol–water partition coefficient (Wildman–Crippen LogP) is 4.17. The fourth-order valence-electron chi connectivity index (χ4n) is 2.99. The predicted molar refractivity (Wildman–Crippen MR) is 105 cm³/mol. The Kier molecular flexibility index (Phi) is 5.29.